The Kier molecular flexibility index (Phi) is 5.73. The van der Waals surface area contributed by atoms with Crippen molar-refractivity contribution in [1.82, 2.24) is 9.97 Å². The molecule has 164 valence electrons. The van der Waals surface area contributed by atoms with Gasteiger partial charge in [-0.1, -0.05) is 18.2 Å². The molecule has 4 aromatic rings. The molecule has 8 heteroatoms. The molecule has 0 aliphatic carbocycles. The molecule has 2 N–H and O–H groups in total. The van der Waals surface area contributed by atoms with Crippen LogP contribution in [0.3, 0.4) is 0 Å². The van der Waals surface area contributed by atoms with Crippen LogP contribution in [0.5, 0.6) is 17.2 Å². The Morgan fingerprint density at radius 1 is 0.909 bits per heavy atom. The van der Waals surface area contributed by atoms with Crippen LogP contribution in [0.1, 0.15) is 11.8 Å². The second kappa shape index (κ2) is 9.13. The zero-order valence-electron chi connectivity index (χ0n) is 17.8. The van der Waals surface area contributed by atoms with Crippen LogP contribution >= 0.6 is 12.2 Å². The van der Waals surface area contributed by atoms with Crippen molar-refractivity contribution >= 4 is 34.7 Å². The molecule has 1 aliphatic rings. The maximum absolute atomic E-state index is 6.06. The maximum Gasteiger partial charge on any atom is 0.200 e. The summed E-state index contributed by atoms with van der Waals surface area (Å²) in [6.07, 6.45) is 3.20. The number of thiocarbonyl (C=S) groups is 1. The second-order valence-electron chi connectivity index (χ2n) is 7.40. The number of hydrogen-bond donors (Lipinski definition) is 2. The van der Waals surface area contributed by atoms with Crippen molar-refractivity contribution in [3.63, 3.8) is 0 Å². The van der Waals surface area contributed by atoms with E-state index in [1.54, 1.807) is 12.4 Å². The van der Waals surface area contributed by atoms with E-state index in [0.29, 0.717) is 10.9 Å². The van der Waals surface area contributed by atoms with Crippen molar-refractivity contribution in [2.45, 2.75) is 6.23 Å². The lowest BCUT2D eigenvalue weighted by Gasteiger charge is -2.20. The van der Waals surface area contributed by atoms with E-state index < -0.39 is 0 Å². The monoisotopic (exact) mass is 455 g/mol. The summed E-state index contributed by atoms with van der Waals surface area (Å²) >= 11 is 5.47. The number of aromatic nitrogens is 2. The highest BCUT2D eigenvalue weighted by Gasteiger charge is 2.30. The Hall–Kier alpha value is -4.17. The number of nitrogens with zero attached hydrogens (tertiary/aromatic N) is 3. The second-order valence-corrected chi connectivity index (χ2v) is 7.81. The van der Waals surface area contributed by atoms with Gasteiger partial charge in [0.25, 0.3) is 0 Å². The van der Waals surface area contributed by atoms with Crippen LogP contribution in [0.2, 0.25) is 0 Å². The first-order valence-corrected chi connectivity index (χ1v) is 10.8. The minimum Gasteiger partial charge on any atom is -0.462 e. The van der Waals surface area contributed by atoms with Crippen LogP contribution in [0, 0.1) is 0 Å². The van der Waals surface area contributed by atoms with E-state index in [4.69, 9.17) is 21.7 Å². The van der Waals surface area contributed by atoms with Gasteiger partial charge < -0.3 is 25.0 Å². The number of para-hydroxylation sites is 1. The molecule has 0 radical (unpaired) electrons. The normalized spacial score (nSPS) is 14.2. The summed E-state index contributed by atoms with van der Waals surface area (Å²) < 4.78 is 11.9. The number of anilines is 3. The lowest BCUT2D eigenvalue weighted by Crippen LogP contribution is -2.24. The third-order valence-electron chi connectivity index (χ3n) is 5.08. The fourth-order valence-corrected chi connectivity index (χ4v) is 3.74. The van der Waals surface area contributed by atoms with Crippen molar-refractivity contribution < 1.29 is 9.47 Å². The molecule has 2 aromatic heterocycles. The van der Waals surface area contributed by atoms with Gasteiger partial charge in [-0.15, -0.1) is 0 Å². The van der Waals surface area contributed by atoms with Crippen molar-refractivity contribution in [3.8, 4) is 17.2 Å². The van der Waals surface area contributed by atoms with E-state index in [1.807, 2.05) is 90.8 Å². The van der Waals surface area contributed by atoms with Crippen LogP contribution in [0.25, 0.3) is 0 Å². The molecule has 0 fully saturated rings. The summed E-state index contributed by atoms with van der Waals surface area (Å²) in [6, 6.07) is 24.8. The predicted octanol–water partition coefficient (Wildman–Crippen LogP) is 5.61. The SMILES string of the molecule is CN1c2ncccc2OC1c1ccnc(NC(=S)Nc2ccc(Oc3ccccc3)cc2)c1. The Balaban J connectivity index is 1.21. The van der Waals surface area contributed by atoms with Gasteiger partial charge in [0.15, 0.2) is 22.9 Å². The number of ether oxygens (including phenoxy) is 2. The lowest BCUT2D eigenvalue weighted by atomic mass is 10.2. The highest BCUT2D eigenvalue weighted by atomic mass is 32.1. The molecule has 0 saturated carbocycles. The quantitative estimate of drug-likeness (QED) is 0.377. The van der Waals surface area contributed by atoms with Gasteiger partial charge in [0.1, 0.15) is 17.3 Å². The van der Waals surface area contributed by atoms with Crippen molar-refractivity contribution in [2.24, 2.45) is 0 Å². The number of fused-ring (bicyclic) bond motifs is 1. The average molecular weight is 456 g/mol. The minimum absolute atomic E-state index is 0.280. The van der Waals surface area contributed by atoms with Gasteiger partial charge in [-0.05, 0) is 72.9 Å². The number of hydrogen-bond acceptors (Lipinski definition) is 6. The first-order valence-electron chi connectivity index (χ1n) is 10.4. The smallest absolute Gasteiger partial charge is 0.200 e. The summed E-state index contributed by atoms with van der Waals surface area (Å²) in [5, 5.41) is 6.73. The van der Waals surface area contributed by atoms with E-state index in [-0.39, 0.29) is 6.23 Å². The Bertz CT molecular complexity index is 1270. The molecule has 5 rings (SSSR count). The van der Waals surface area contributed by atoms with Gasteiger partial charge in [-0.2, -0.15) is 0 Å². The first-order chi connectivity index (χ1) is 16.2. The van der Waals surface area contributed by atoms with Crippen LogP contribution < -0.4 is 25.0 Å². The Labute approximate surface area is 197 Å². The van der Waals surface area contributed by atoms with Gasteiger partial charge in [0.05, 0.1) is 0 Å². The van der Waals surface area contributed by atoms with Gasteiger partial charge in [0.2, 0.25) is 0 Å². The molecule has 0 saturated heterocycles. The summed E-state index contributed by atoms with van der Waals surface area (Å²) in [5.41, 5.74) is 1.78. The highest BCUT2D eigenvalue weighted by molar-refractivity contribution is 7.80. The van der Waals surface area contributed by atoms with Crippen molar-refractivity contribution in [3.05, 3.63) is 96.8 Å². The molecule has 0 bridgehead atoms. The minimum atomic E-state index is -0.280. The molecular weight excluding hydrogens is 434 g/mol. The average Bonchev–Trinajstić information content (AvgIpc) is 3.18. The van der Waals surface area contributed by atoms with Crippen LogP contribution in [0.4, 0.5) is 17.3 Å². The summed E-state index contributed by atoms with van der Waals surface area (Å²) in [4.78, 5) is 10.8. The third kappa shape index (κ3) is 4.70. The van der Waals surface area contributed by atoms with Gasteiger partial charge in [-0.25, -0.2) is 9.97 Å². The topological polar surface area (TPSA) is 71.5 Å². The Morgan fingerprint density at radius 2 is 1.70 bits per heavy atom. The van der Waals surface area contributed by atoms with Crippen LogP contribution in [-0.4, -0.2) is 22.1 Å². The number of rotatable bonds is 5. The van der Waals surface area contributed by atoms with E-state index in [0.717, 1.165) is 34.3 Å². The molecular formula is C25H21N5O2S. The fourth-order valence-electron chi connectivity index (χ4n) is 3.52. The molecule has 0 amide bonds. The van der Waals surface area contributed by atoms with Gasteiger partial charge in [0, 0.05) is 30.7 Å². The largest absolute Gasteiger partial charge is 0.462 e. The highest BCUT2D eigenvalue weighted by Crippen LogP contribution is 2.40. The zero-order chi connectivity index (χ0) is 22.6. The fraction of sp³-hybridized carbons (Fsp3) is 0.0800. The number of nitrogens with one attached hydrogen (secondary N) is 2. The number of pyridine rings is 2. The number of benzene rings is 2. The van der Waals surface area contributed by atoms with Gasteiger partial charge in [-0.3, -0.25) is 0 Å². The third-order valence-corrected chi connectivity index (χ3v) is 5.28. The van der Waals surface area contributed by atoms with Crippen LogP contribution in [-0.2, 0) is 0 Å². The predicted molar refractivity (Wildman–Crippen MR) is 133 cm³/mol. The van der Waals surface area contributed by atoms with Crippen LogP contribution in [0.15, 0.2) is 91.3 Å². The van der Waals surface area contributed by atoms with E-state index in [9.17, 15) is 0 Å². The Morgan fingerprint density at radius 3 is 2.48 bits per heavy atom. The van der Waals surface area contributed by atoms with E-state index >= 15 is 0 Å². The zero-order valence-corrected chi connectivity index (χ0v) is 18.6. The standard InChI is InChI=1S/C25H21N5O2S/c1-30-23-21(8-5-14-27-23)32-24(30)17-13-15-26-22(16-17)29-25(33)28-18-9-11-20(12-10-18)31-19-6-3-2-4-7-19/h2-16,24H,1H3,(H2,26,28,29,33). The van der Waals surface area contributed by atoms with Crippen molar-refractivity contribution in [1.29, 1.82) is 0 Å². The molecule has 7 nitrogen and oxygen atoms in total. The first kappa shape index (κ1) is 20.7. The molecule has 3 heterocycles. The maximum atomic E-state index is 6.06. The molecule has 33 heavy (non-hydrogen) atoms. The van der Waals surface area contributed by atoms with Crippen molar-refractivity contribution in [2.75, 3.05) is 22.6 Å². The summed E-state index contributed by atoms with van der Waals surface area (Å²) in [7, 11) is 1.95. The molecule has 1 atom stereocenters. The summed E-state index contributed by atoms with van der Waals surface area (Å²) in [5.74, 6) is 3.72. The molecule has 2 aromatic carbocycles. The molecule has 0 spiro atoms. The molecule has 1 aliphatic heterocycles. The van der Waals surface area contributed by atoms with E-state index in [1.165, 1.54) is 0 Å². The van der Waals surface area contributed by atoms with Gasteiger partial charge >= 0.3 is 0 Å². The lowest BCUT2D eigenvalue weighted by molar-refractivity contribution is 0.235. The van der Waals surface area contributed by atoms with E-state index in [2.05, 4.69) is 20.6 Å². The molecule has 1 unspecified atom stereocenters. The summed E-state index contributed by atoms with van der Waals surface area (Å²) in [6.45, 7) is 0.